The molecule has 0 saturated carbocycles. The van der Waals surface area contributed by atoms with E-state index in [0.717, 1.165) is 11.1 Å². The molecular weight excluding hydrogens is 238 g/mol. The second-order valence-electron chi connectivity index (χ2n) is 4.58. The molecule has 0 aliphatic heterocycles. The number of aryl methyl sites for hydroxylation is 2. The highest BCUT2D eigenvalue weighted by Gasteiger charge is 2.17. The monoisotopic (exact) mass is 255 g/mol. The van der Waals surface area contributed by atoms with Crippen molar-refractivity contribution >= 4 is 17.4 Å². The van der Waals surface area contributed by atoms with Crippen LogP contribution < -0.4 is 10.6 Å². The van der Waals surface area contributed by atoms with E-state index in [-0.39, 0.29) is 5.91 Å². The number of nitrogen functional groups attached to an aromatic ring is 1. The van der Waals surface area contributed by atoms with Crippen molar-refractivity contribution in [3.63, 3.8) is 0 Å². The molecule has 0 spiro atoms. The van der Waals surface area contributed by atoms with Crippen molar-refractivity contribution < 1.29 is 4.79 Å². The Hall–Kier alpha value is -2.36. The molecule has 0 radical (unpaired) electrons. The molecular formula is C15H17N3O. The molecule has 19 heavy (non-hydrogen) atoms. The second kappa shape index (κ2) is 5.10. The van der Waals surface area contributed by atoms with E-state index in [1.54, 1.807) is 25.4 Å². The summed E-state index contributed by atoms with van der Waals surface area (Å²) in [7, 11) is 1.71. The lowest BCUT2D eigenvalue weighted by Gasteiger charge is -2.18. The van der Waals surface area contributed by atoms with Gasteiger partial charge in [0.15, 0.2) is 0 Å². The first kappa shape index (κ1) is 13.1. The van der Waals surface area contributed by atoms with Gasteiger partial charge in [-0.1, -0.05) is 12.1 Å². The highest BCUT2D eigenvalue weighted by molar-refractivity contribution is 6.06. The fourth-order valence-electron chi connectivity index (χ4n) is 1.94. The summed E-state index contributed by atoms with van der Waals surface area (Å²) in [6, 6.07) is 9.12. The zero-order valence-electron chi connectivity index (χ0n) is 11.3. The van der Waals surface area contributed by atoms with Crippen molar-refractivity contribution in [1.82, 2.24) is 4.98 Å². The smallest absolute Gasteiger partial charge is 0.259 e. The fourth-order valence-corrected chi connectivity index (χ4v) is 1.94. The minimum absolute atomic E-state index is 0.108. The number of carbonyl (C=O) groups excluding carboxylic acids is 1. The molecule has 1 aromatic carbocycles. The molecule has 0 aliphatic rings. The first-order chi connectivity index (χ1) is 9.00. The molecule has 0 bridgehead atoms. The lowest BCUT2D eigenvalue weighted by molar-refractivity contribution is 0.0992. The van der Waals surface area contributed by atoms with E-state index in [4.69, 9.17) is 5.73 Å². The third kappa shape index (κ3) is 2.57. The van der Waals surface area contributed by atoms with Crippen LogP contribution in [0, 0.1) is 13.8 Å². The maximum absolute atomic E-state index is 12.5. The molecule has 0 unspecified atom stereocenters. The maximum Gasteiger partial charge on any atom is 0.259 e. The Morgan fingerprint density at radius 1 is 1.21 bits per heavy atom. The number of hydrogen-bond donors (Lipinski definition) is 1. The largest absolute Gasteiger partial charge is 0.398 e. The van der Waals surface area contributed by atoms with E-state index in [2.05, 4.69) is 4.98 Å². The van der Waals surface area contributed by atoms with E-state index < -0.39 is 0 Å². The molecule has 0 saturated heterocycles. The van der Waals surface area contributed by atoms with Gasteiger partial charge < -0.3 is 5.73 Å². The zero-order chi connectivity index (χ0) is 14.0. The summed E-state index contributed by atoms with van der Waals surface area (Å²) < 4.78 is 0. The Balaban J connectivity index is 2.37. The lowest BCUT2D eigenvalue weighted by atomic mass is 10.0. The molecule has 1 aromatic heterocycles. The number of benzene rings is 1. The summed E-state index contributed by atoms with van der Waals surface area (Å²) in [5.74, 6) is 0.508. The predicted molar refractivity (Wildman–Crippen MR) is 77.3 cm³/mol. The van der Waals surface area contributed by atoms with Crippen LogP contribution in [0.15, 0.2) is 36.5 Å². The maximum atomic E-state index is 12.5. The van der Waals surface area contributed by atoms with Gasteiger partial charge in [-0.2, -0.15) is 0 Å². The fraction of sp³-hybridized carbons (Fsp3) is 0.200. The Morgan fingerprint density at radius 2 is 1.95 bits per heavy atom. The summed E-state index contributed by atoms with van der Waals surface area (Å²) in [4.78, 5) is 18.2. The number of anilines is 2. The van der Waals surface area contributed by atoms with Crippen LogP contribution in [0.5, 0.6) is 0 Å². The molecule has 0 aliphatic carbocycles. The molecule has 0 atom stereocenters. The quantitative estimate of drug-likeness (QED) is 0.839. The third-order valence-corrected chi connectivity index (χ3v) is 3.14. The normalized spacial score (nSPS) is 10.3. The molecule has 2 aromatic rings. The van der Waals surface area contributed by atoms with Gasteiger partial charge in [0.05, 0.1) is 0 Å². The standard InChI is InChI=1S/C15H17N3O/c1-10-8-11(2)13(16)9-12(10)15(19)18(3)14-6-4-5-7-17-14/h4-9H,16H2,1-3H3. The van der Waals surface area contributed by atoms with E-state index in [9.17, 15) is 4.79 Å². The van der Waals surface area contributed by atoms with Gasteiger partial charge >= 0.3 is 0 Å². The van der Waals surface area contributed by atoms with Crippen LogP contribution in [0.3, 0.4) is 0 Å². The highest BCUT2D eigenvalue weighted by atomic mass is 16.2. The van der Waals surface area contributed by atoms with Crippen LogP contribution in [-0.4, -0.2) is 17.9 Å². The summed E-state index contributed by atoms with van der Waals surface area (Å²) in [6.07, 6.45) is 1.66. The average molecular weight is 255 g/mol. The number of nitrogens with two attached hydrogens (primary N) is 1. The van der Waals surface area contributed by atoms with Gasteiger partial charge in [0.1, 0.15) is 5.82 Å². The van der Waals surface area contributed by atoms with Crippen molar-refractivity contribution in [2.24, 2.45) is 0 Å². The predicted octanol–water partition coefficient (Wildman–Crippen LogP) is 2.56. The number of carbonyl (C=O) groups is 1. The van der Waals surface area contributed by atoms with E-state index in [1.165, 1.54) is 4.90 Å². The molecule has 1 amide bonds. The van der Waals surface area contributed by atoms with Crippen molar-refractivity contribution in [2.45, 2.75) is 13.8 Å². The van der Waals surface area contributed by atoms with Crippen LogP contribution in [0.2, 0.25) is 0 Å². The molecule has 2 rings (SSSR count). The minimum atomic E-state index is -0.108. The van der Waals surface area contributed by atoms with Crippen LogP contribution in [0.25, 0.3) is 0 Å². The second-order valence-corrected chi connectivity index (χ2v) is 4.58. The van der Waals surface area contributed by atoms with Crippen molar-refractivity contribution in [1.29, 1.82) is 0 Å². The van der Waals surface area contributed by atoms with E-state index in [1.807, 2.05) is 32.0 Å². The Morgan fingerprint density at radius 3 is 2.58 bits per heavy atom. The molecule has 2 N–H and O–H groups in total. The van der Waals surface area contributed by atoms with Crippen molar-refractivity contribution in [2.75, 3.05) is 17.7 Å². The molecule has 4 nitrogen and oxygen atoms in total. The van der Waals surface area contributed by atoms with Gasteiger partial charge in [-0.15, -0.1) is 0 Å². The third-order valence-electron chi connectivity index (χ3n) is 3.14. The van der Waals surface area contributed by atoms with Gasteiger partial charge in [0.2, 0.25) is 0 Å². The molecule has 98 valence electrons. The van der Waals surface area contributed by atoms with Crippen LogP contribution in [0.4, 0.5) is 11.5 Å². The highest BCUT2D eigenvalue weighted by Crippen LogP contribution is 2.20. The number of amides is 1. The summed E-state index contributed by atoms with van der Waals surface area (Å²) in [5, 5.41) is 0. The van der Waals surface area contributed by atoms with Gasteiger partial charge in [-0.05, 0) is 43.2 Å². The van der Waals surface area contributed by atoms with Gasteiger partial charge in [-0.25, -0.2) is 4.98 Å². The lowest BCUT2D eigenvalue weighted by Crippen LogP contribution is -2.27. The number of nitrogens with zero attached hydrogens (tertiary/aromatic N) is 2. The SMILES string of the molecule is Cc1cc(C)c(C(=O)N(C)c2ccccn2)cc1N. The van der Waals surface area contributed by atoms with Crippen LogP contribution >= 0.6 is 0 Å². The molecule has 1 heterocycles. The summed E-state index contributed by atoms with van der Waals surface area (Å²) in [6.45, 7) is 3.84. The van der Waals surface area contributed by atoms with Gasteiger partial charge in [0, 0.05) is 24.5 Å². The van der Waals surface area contributed by atoms with Crippen molar-refractivity contribution in [3.05, 3.63) is 53.2 Å². The van der Waals surface area contributed by atoms with Gasteiger partial charge in [0.25, 0.3) is 5.91 Å². The van der Waals surface area contributed by atoms with E-state index >= 15 is 0 Å². The Labute approximate surface area is 112 Å². The summed E-state index contributed by atoms with van der Waals surface area (Å²) in [5.41, 5.74) is 9.01. The first-order valence-electron chi connectivity index (χ1n) is 6.06. The topological polar surface area (TPSA) is 59.2 Å². The van der Waals surface area contributed by atoms with E-state index in [0.29, 0.717) is 17.1 Å². The average Bonchev–Trinajstić information content (AvgIpc) is 2.42. The van der Waals surface area contributed by atoms with Crippen LogP contribution in [0.1, 0.15) is 21.5 Å². The summed E-state index contributed by atoms with van der Waals surface area (Å²) >= 11 is 0. The number of aromatic nitrogens is 1. The molecule has 0 fully saturated rings. The molecule has 4 heteroatoms. The first-order valence-corrected chi connectivity index (χ1v) is 6.06. The van der Waals surface area contributed by atoms with Crippen molar-refractivity contribution in [3.8, 4) is 0 Å². The Kier molecular flexibility index (Phi) is 3.51. The van der Waals surface area contributed by atoms with Gasteiger partial charge in [-0.3, -0.25) is 9.69 Å². The number of rotatable bonds is 2. The number of hydrogen-bond acceptors (Lipinski definition) is 3. The Bertz CT molecular complexity index is 608. The minimum Gasteiger partial charge on any atom is -0.398 e. The van der Waals surface area contributed by atoms with Crippen LogP contribution in [-0.2, 0) is 0 Å². The number of pyridine rings is 1. The zero-order valence-corrected chi connectivity index (χ0v) is 11.3.